The molecule has 5 heteroatoms. The zero-order valence-corrected chi connectivity index (χ0v) is 19.3. The first-order valence-corrected chi connectivity index (χ1v) is 12.5. The molecule has 3 aliphatic carbocycles. The maximum absolute atomic E-state index is 12.9. The molecular formula is C25H35NO3S. The van der Waals surface area contributed by atoms with Crippen LogP contribution in [0.5, 0.6) is 5.75 Å². The highest BCUT2D eigenvalue weighted by molar-refractivity contribution is 8.13. The molecule has 0 saturated heterocycles. The van der Waals surface area contributed by atoms with Crippen molar-refractivity contribution in [2.75, 3.05) is 12.3 Å². The molecule has 1 aromatic carbocycles. The average molecular weight is 430 g/mol. The molecule has 30 heavy (non-hydrogen) atoms. The van der Waals surface area contributed by atoms with Gasteiger partial charge in [0.05, 0.1) is 0 Å². The number of nitrogens with one attached hydrogen (secondary N) is 1. The predicted molar refractivity (Wildman–Crippen MR) is 122 cm³/mol. The van der Waals surface area contributed by atoms with Crippen LogP contribution in [0.2, 0.25) is 0 Å². The summed E-state index contributed by atoms with van der Waals surface area (Å²) < 4.78 is 0. The van der Waals surface area contributed by atoms with Crippen LogP contribution in [0.4, 0.5) is 0 Å². The fourth-order valence-electron chi connectivity index (χ4n) is 7.11. The molecule has 1 aromatic rings. The molecular weight excluding hydrogens is 394 g/mol. The third-order valence-electron chi connectivity index (χ3n) is 8.48. The Labute approximate surface area is 184 Å². The molecule has 3 aliphatic rings. The van der Waals surface area contributed by atoms with Gasteiger partial charge in [0, 0.05) is 25.1 Å². The van der Waals surface area contributed by atoms with Crippen molar-refractivity contribution in [3.05, 3.63) is 29.3 Å². The van der Waals surface area contributed by atoms with Gasteiger partial charge in [0.25, 0.3) is 0 Å². The molecule has 0 spiro atoms. The quantitative estimate of drug-likeness (QED) is 0.654. The number of carbonyl (C=O) groups is 2. The van der Waals surface area contributed by atoms with Crippen molar-refractivity contribution in [2.24, 2.45) is 29.1 Å². The summed E-state index contributed by atoms with van der Waals surface area (Å²) in [5.41, 5.74) is 3.06. The lowest BCUT2D eigenvalue weighted by molar-refractivity contribution is -0.119. The Morgan fingerprint density at radius 3 is 2.83 bits per heavy atom. The van der Waals surface area contributed by atoms with E-state index in [4.69, 9.17) is 0 Å². The van der Waals surface area contributed by atoms with Crippen molar-refractivity contribution in [2.45, 2.75) is 65.2 Å². The van der Waals surface area contributed by atoms with Crippen molar-refractivity contribution < 1.29 is 14.7 Å². The van der Waals surface area contributed by atoms with Crippen LogP contribution in [-0.4, -0.2) is 28.4 Å². The lowest BCUT2D eigenvalue weighted by Crippen LogP contribution is -2.44. The van der Waals surface area contributed by atoms with Crippen LogP contribution in [0.3, 0.4) is 0 Å². The molecule has 4 rings (SSSR count). The summed E-state index contributed by atoms with van der Waals surface area (Å²) >= 11 is 1.39. The van der Waals surface area contributed by atoms with Gasteiger partial charge >= 0.3 is 0 Å². The van der Waals surface area contributed by atoms with Gasteiger partial charge in [-0.1, -0.05) is 31.7 Å². The van der Waals surface area contributed by atoms with Crippen LogP contribution in [-0.2, 0) is 16.0 Å². The first-order chi connectivity index (χ1) is 14.3. The van der Waals surface area contributed by atoms with E-state index in [2.05, 4.69) is 25.2 Å². The predicted octanol–water partition coefficient (Wildman–Crippen LogP) is 4.90. The molecule has 2 fully saturated rings. The van der Waals surface area contributed by atoms with Gasteiger partial charge in [-0.15, -0.1) is 0 Å². The van der Waals surface area contributed by atoms with Gasteiger partial charge in [-0.25, -0.2) is 0 Å². The first kappa shape index (κ1) is 21.7. The molecule has 6 atom stereocenters. The zero-order chi connectivity index (χ0) is 21.5. The SMILES string of the molecule is CC(=O)NCCSC(=O)[C@@H](C)[C@H]1CC[C@H]2[C@@H]3CCc4cc(O)ccc4[C@H]3CC[C@@]12C. The van der Waals surface area contributed by atoms with Crippen molar-refractivity contribution in [1.82, 2.24) is 5.32 Å². The zero-order valence-electron chi connectivity index (χ0n) is 18.4. The molecule has 4 nitrogen and oxygen atoms in total. The van der Waals surface area contributed by atoms with E-state index in [1.54, 1.807) is 0 Å². The highest BCUT2D eigenvalue weighted by atomic mass is 32.2. The summed E-state index contributed by atoms with van der Waals surface area (Å²) in [6.07, 6.45) is 7.06. The lowest BCUT2D eigenvalue weighted by atomic mass is 9.53. The third kappa shape index (κ3) is 3.90. The Bertz CT molecular complexity index is 825. The Balaban J connectivity index is 1.44. The van der Waals surface area contributed by atoms with Crippen molar-refractivity contribution in [1.29, 1.82) is 0 Å². The summed E-state index contributed by atoms with van der Waals surface area (Å²) in [5.74, 6) is 3.56. The topological polar surface area (TPSA) is 66.4 Å². The number of amides is 1. The highest BCUT2D eigenvalue weighted by Crippen LogP contribution is 2.64. The van der Waals surface area contributed by atoms with E-state index in [1.165, 1.54) is 55.5 Å². The van der Waals surface area contributed by atoms with Gasteiger partial charge in [0.2, 0.25) is 5.91 Å². The number of benzene rings is 1. The molecule has 2 saturated carbocycles. The number of aromatic hydroxyl groups is 1. The fraction of sp³-hybridized carbons (Fsp3) is 0.680. The number of phenolic OH excluding ortho intramolecular Hbond substituents is 1. The van der Waals surface area contributed by atoms with Gasteiger partial charge in [0.1, 0.15) is 5.75 Å². The van der Waals surface area contributed by atoms with Crippen molar-refractivity contribution in [3.63, 3.8) is 0 Å². The summed E-state index contributed by atoms with van der Waals surface area (Å²) in [6.45, 7) is 6.67. The minimum absolute atomic E-state index is 0.0386. The molecule has 2 N–H and O–H groups in total. The number of hydrogen-bond donors (Lipinski definition) is 2. The average Bonchev–Trinajstić information content (AvgIpc) is 3.07. The standard InChI is InChI=1S/C25H35NO3S/c1-15(24(29)30-13-12-26-16(2)27)22-8-9-23-21-6-4-17-14-18(28)5-7-19(17)20(21)10-11-25(22,23)3/h5,7,14-15,20-23,28H,4,6,8-13H2,1-3H3,(H,26,27)/t15-,20+,21+,22+,23-,25-/m0/s1. The lowest BCUT2D eigenvalue weighted by Gasteiger charge is -2.51. The van der Waals surface area contributed by atoms with Gasteiger partial charge in [-0.05, 0) is 90.9 Å². The summed E-state index contributed by atoms with van der Waals surface area (Å²) in [6, 6.07) is 5.98. The molecule has 0 aliphatic heterocycles. The Kier molecular flexibility index (Phi) is 6.20. The molecule has 0 unspecified atom stereocenters. The Morgan fingerprint density at radius 1 is 1.27 bits per heavy atom. The Morgan fingerprint density at radius 2 is 2.07 bits per heavy atom. The molecule has 0 radical (unpaired) electrons. The second-order valence-electron chi connectivity index (χ2n) is 9.97. The molecule has 0 heterocycles. The summed E-state index contributed by atoms with van der Waals surface area (Å²) in [4.78, 5) is 23.9. The second-order valence-corrected chi connectivity index (χ2v) is 11.1. The Hall–Kier alpha value is -1.49. The maximum Gasteiger partial charge on any atom is 0.216 e. The second kappa shape index (κ2) is 8.57. The number of carbonyl (C=O) groups excluding carboxylic acids is 2. The minimum Gasteiger partial charge on any atom is -0.508 e. The summed E-state index contributed by atoms with van der Waals surface area (Å²) in [7, 11) is 0. The molecule has 1 amide bonds. The maximum atomic E-state index is 12.9. The van der Waals surface area contributed by atoms with Crippen LogP contribution in [0, 0.1) is 29.1 Å². The van der Waals surface area contributed by atoms with Crippen LogP contribution in [0.25, 0.3) is 0 Å². The highest BCUT2D eigenvalue weighted by Gasteiger charge is 2.56. The monoisotopic (exact) mass is 429 g/mol. The minimum atomic E-state index is -0.0386. The number of aryl methyl sites for hydroxylation is 1. The number of thioether (sulfide) groups is 1. The van der Waals surface area contributed by atoms with E-state index in [-0.39, 0.29) is 17.2 Å². The molecule has 0 aromatic heterocycles. The van der Waals surface area contributed by atoms with E-state index in [0.717, 1.165) is 12.8 Å². The van der Waals surface area contributed by atoms with E-state index in [0.29, 0.717) is 46.8 Å². The first-order valence-electron chi connectivity index (χ1n) is 11.5. The van der Waals surface area contributed by atoms with Crippen LogP contribution < -0.4 is 5.32 Å². The van der Waals surface area contributed by atoms with Crippen LogP contribution in [0.15, 0.2) is 18.2 Å². The number of fused-ring (bicyclic) bond motifs is 5. The molecule has 164 valence electrons. The van der Waals surface area contributed by atoms with Gasteiger partial charge in [0.15, 0.2) is 5.12 Å². The van der Waals surface area contributed by atoms with Crippen molar-refractivity contribution in [3.8, 4) is 5.75 Å². The smallest absolute Gasteiger partial charge is 0.216 e. The van der Waals surface area contributed by atoms with E-state index in [9.17, 15) is 14.7 Å². The van der Waals surface area contributed by atoms with Gasteiger partial charge in [-0.3, -0.25) is 9.59 Å². The normalized spacial score (nSPS) is 33.2. The van der Waals surface area contributed by atoms with E-state index >= 15 is 0 Å². The van der Waals surface area contributed by atoms with Crippen LogP contribution in [0.1, 0.15) is 69.9 Å². The third-order valence-corrected chi connectivity index (χ3v) is 9.54. The van der Waals surface area contributed by atoms with Crippen LogP contribution >= 0.6 is 11.8 Å². The summed E-state index contributed by atoms with van der Waals surface area (Å²) in [5, 5.41) is 12.9. The van der Waals surface area contributed by atoms with Gasteiger partial charge < -0.3 is 10.4 Å². The number of hydrogen-bond acceptors (Lipinski definition) is 4. The fourth-order valence-corrected chi connectivity index (χ4v) is 7.94. The largest absolute Gasteiger partial charge is 0.508 e. The number of phenols is 1. The van der Waals surface area contributed by atoms with Crippen molar-refractivity contribution >= 4 is 22.8 Å². The molecule has 0 bridgehead atoms. The van der Waals surface area contributed by atoms with Gasteiger partial charge in [-0.2, -0.15) is 0 Å². The van der Waals surface area contributed by atoms with E-state index in [1.807, 2.05) is 12.1 Å². The van der Waals surface area contributed by atoms with E-state index < -0.39 is 0 Å². The number of rotatable bonds is 5.